The van der Waals surface area contributed by atoms with Gasteiger partial charge in [-0.05, 0) is 19.9 Å². The number of furan rings is 1. The van der Waals surface area contributed by atoms with Gasteiger partial charge in [-0.1, -0.05) is 0 Å². The molecule has 1 aromatic heterocycles. The van der Waals surface area contributed by atoms with E-state index in [2.05, 4.69) is 0 Å². The molecule has 0 fully saturated rings. The van der Waals surface area contributed by atoms with Crippen LogP contribution in [0.2, 0.25) is 0 Å². The molecule has 0 saturated heterocycles. The van der Waals surface area contributed by atoms with Crippen molar-refractivity contribution >= 4 is 16.3 Å². The van der Waals surface area contributed by atoms with Crippen LogP contribution in [0.15, 0.2) is 21.6 Å². The Morgan fingerprint density at radius 1 is 1.60 bits per heavy atom. The van der Waals surface area contributed by atoms with Crippen LogP contribution < -0.4 is 0 Å². The van der Waals surface area contributed by atoms with E-state index in [1.165, 1.54) is 0 Å². The summed E-state index contributed by atoms with van der Waals surface area (Å²) in [5.41, 5.74) is 0. The number of hydrogen-bond acceptors (Lipinski definition) is 4. The predicted octanol–water partition coefficient (Wildman–Crippen LogP) is 0.864. The average molecular weight is 233 g/mol. The lowest BCUT2D eigenvalue weighted by molar-refractivity contribution is -0.487. The second-order valence-electron chi connectivity index (χ2n) is 3.21. The van der Waals surface area contributed by atoms with Crippen LogP contribution in [0.5, 0.6) is 0 Å². The molecular weight excluding hydrogens is 222 g/mol. The van der Waals surface area contributed by atoms with E-state index in [0.29, 0.717) is 4.74 Å². The van der Waals surface area contributed by atoms with Crippen molar-refractivity contribution in [3.63, 3.8) is 0 Å². The van der Waals surface area contributed by atoms with Crippen LogP contribution >= 0.6 is 0 Å². The van der Waals surface area contributed by atoms with E-state index in [-0.39, 0.29) is 11.8 Å². The molecular formula is C8H11NO5S. The van der Waals surface area contributed by atoms with Gasteiger partial charge >= 0.3 is 0 Å². The highest BCUT2D eigenvalue weighted by atomic mass is 32.2. The van der Waals surface area contributed by atoms with Crippen LogP contribution in [-0.4, -0.2) is 30.0 Å². The number of hydroxylamine groups is 1. The summed E-state index contributed by atoms with van der Waals surface area (Å²) in [6, 6.07) is 0.736. The van der Waals surface area contributed by atoms with Crippen molar-refractivity contribution in [2.45, 2.75) is 24.8 Å². The normalized spacial score (nSPS) is 13.5. The summed E-state index contributed by atoms with van der Waals surface area (Å²) in [7, 11) is -4.35. The second-order valence-corrected chi connectivity index (χ2v) is 4.60. The van der Waals surface area contributed by atoms with Crippen molar-refractivity contribution in [1.29, 1.82) is 0 Å². The molecule has 0 unspecified atom stereocenters. The molecule has 6 nitrogen and oxygen atoms in total. The zero-order valence-electron chi connectivity index (χ0n) is 8.25. The third-order valence-electron chi connectivity index (χ3n) is 1.69. The van der Waals surface area contributed by atoms with Gasteiger partial charge < -0.3 is 9.62 Å². The molecule has 15 heavy (non-hydrogen) atoms. The molecule has 1 heterocycles. The molecule has 0 saturated carbocycles. The largest absolute Gasteiger partial charge is 0.624 e. The van der Waals surface area contributed by atoms with Gasteiger partial charge in [0.05, 0.1) is 6.26 Å². The smallest absolute Gasteiger partial charge is 0.298 e. The number of hydrogen-bond donors (Lipinski definition) is 1. The van der Waals surface area contributed by atoms with E-state index in [1.807, 2.05) is 0 Å². The Bertz CT molecular complexity index is 471. The maximum atomic E-state index is 11.2. The summed E-state index contributed by atoms with van der Waals surface area (Å²) in [4.78, 5) is -0.413. The van der Waals surface area contributed by atoms with Crippen LogP contribution in [0.3, 0.4) is 0 Å². The molecule has 0 atom stereocenters. The highest BCUT2D eigenvalue weighted by Crippen LogP contribution is 2.14. The van der Waals surface area contributed by atoms with Gasteiger partial charge in [0.1, 0.15) is 4.90 Å². The van der Waals surface area contributed by atoms with E-state index in [1.54, 1.807) is 13.8 Å². The molecule has 7 heteroatoms. The van der Waals surface area contributed by atoms with E-state index >= 15 is 0 Å². The molecule has 0 amide bonds. The van der Waals surface area contributed by atoms with Crippen molar-refractivity contribution in [1.82, 2.24) is 0 Å². The topological polar surface area (TPSA) is 93.6 Å². The first-order valence-electron chi connectivity index (χ1n) is 4.17. The van der Waals surface area contributed by atoms with E-state index in [0.717, 1.165) is 18.5 Å². The van der Waals surface area contributed by atoms with Gasteiger partial charge in [-0.3, -0.25) is 4.55 Å². The average Bonchev–Trinajstić information content (AvgIpc) is 2.50. The van der Waals surface area contributed by atoms with Crippen LogP contribution in [0.4, 0.5) is 0 Å². The monoisotopic (exact) mass is 233 g/mol. The van der Waals surface area contributed by atoms with Crippen molar-refractivity contribution in [3.8, 4) is 0 Å². The van der Waals surface area contributed by atoms with Gasteiger partial charge in [-0.2, -0.15) is 8.42 Å². The highest BCUT2D eigenvalue weighted by molar-refractivity contribution is 7.86. The van der Waals surface area contributed by atoms with E-state index < -0.39 is 15.0 Å². The predicted molar refractivity (Wildman–Crippen MR) is 52.5 cm³/mol. The molecule has 0 aliphatic carbocycles. The second kappa shape index (κ2) is 4.03. The molecule has 84 valence electrons. The third kappa shape index (κ3) is 2.80. The van der Waals surface area contributed by atoms with Gasteiger partial charge in [0.15, 0.2) is 6.04 Å². The quantitative estimate of drug-likeness (QED) is 0.275. The number of nitrogens with zero attached hydrogens (tertiary/aromatic N) is 1. The fourth-order valence-corrected chi connectivity index (χ4v) is 1.46. The third-order valence-corrected chi connectivity index (χ3v) is 2.58. The maximum absolute atomic E-state index is 11.2. The molecule has 1 aromatic rings. The fourth-order valence-electron chi connectivity index (χ4n) is 0.881. The SMILES string of the molecule is CC(C)[N+]([O-])=Cc1occc1S(=O)(=O)O. The first kappa shape index (κ1) is 11.7. The molecule has 0 radical (unpaired) electrons. The Balaban J connectivity index is 3.19. The van der Waals surface area contributed by atoms with Gasteiger partial charge in [-0.15, -0.1) is 0 Å². The highest BCUT2D eigenvalue weighted by Gasteiger charge is 2.19. The van der Waals surface area contributed by atoms with Crippen LogP contribution in [0, 0.1) is 5.21 Å². The Morgan fingerprint density at radius 3 is 2.67 bits per heavy atom. The minimum Gasteiger partial charge on any atom is -0.624 e. The Kier molecular flexibility index (Phi) is 3.15. The minimum absolute atomic E-state index is 0.179. The van der Waals surface area contributed by atoms with Crippen molar-refractivity contribution in [3.05, 3.63) is 23.3 Å². The Hall–Kier alpha value is -1.34. The van der Waals surface area contributed by atoms with Gasteiger partial charge in [0, 0.05) is 0 Å². The van der Waals surface area contributed by atoms with E-state index in [4.69, 9.17) is 8.97 Å². The summed E-state index contributed by atoms with van der Waals surface area (Å²) in [5, 5.41) is 11.2. The van der Waals surface area contributed by atoms with Crippen LogP contribution in [0.1, 0.15) is 19.6 Å². The molecule has 1 N–H and O–H groups in total. The van der Waals surface area contributed by atoms with Crippen molar-refractivity contribution in [2.24, 2.45) is 0 Å². The molecule has 0 aromatic carbocycles. The van der Waals surface area contributed by atoms with Gasteiger partial charge in [0.25, 0.3) is 10.1 Å². The first-order valence-corrected chi connectivity index (χ1v) is 5.61. The lowest BCUT2D eigenvalue weighted by Crippen LogP contribution is -2.15. The molecule has 0 bridgehead atoms. The molecule has 0 aliphatic rings. The minimum atomic E-state index is -4.35. The summed E-state index contributed by atoms with van der Waals surface area (Å²) in [5.74, 6) is -0.179. The van der Waals surface area contributed by atoms with Crippen molar-refractivity contribution < 1.29 is 22.1 Å². The molecule has 0 spiro atoms. The lowest BCUT2D eigenvalue weighted by atomic mass is 10.4. The van der Waals surface area contributed by atoms with Crippen LogP contribution in [0.25, 0.3) is 0 Å². The Morgan fingerprint density at radius 2 is 2.20 bits per heavy atom. The lowest BCUT2D eigenvalue weighted by Gasteiger charge is -2.06. The maximum Gasteiger partial charge on any atom is 0.298 e. The summed E-state index contributed by atoms with van der Waals surface area (Å²) >= 11 is 0. The fraction of sp³-hybridized carbons (Fsp3) is 0.375. The van der Waals surface area contributed by atoms with Crippen molar-refractivity contribution in [2.75, 3.05) is 0 Å². The van der Waals surface area contributed by atoms with Crippen LogP contribution in [-0.2, 0) is 10.1 Å². The Labute approximate surface area is 87.2 Å². The molecule has 0 aliphatic heterocycles. The van der Waals surface area contributed by atoms with Gasteiger partial charge in [0.2, 0.25) is 12.0 Å². The summed E-state index contributed by atoms with van der Waals surface area (Å²) in [6.45, 7) is 3.28. The zero-order valence-corrected chi connectivity index (χ0v) is 9.06. The van der Waals surface area contributed by atoms with E-state index in [9.17, 15) is 13.6 Å². The van der Waals surface area contributed by atoms with Gasteiger partial charge in [-0.25, -0.2) is 4.74 Å². The standard InChI is InChI=1S/C8H11NO5S/c1-6(2)9(10)5-7-8(3-4-14-7)15(11,12)13/h3-6H,1-2H3,(H,11,12,13). The number of rotatable bonds is 3. The first-order chi connectivity index (χ1) is 6.82. The summed E-state index contributed by atoms with van der Waals surface area (Å²) < 4.78 is 35.7. The molecule has 1 rings (SSSR count). The zero-order chi connectivity index (χ0) is 11.6. The summed E-state index contributed by atoms with van der Waals surface area (Å²) in [6.07, 6.45) is 2.07.